The van der Waals surface area contributed by atoms with Crippen LogP contribution in [0.5, 0.6) is 0 Å². The van der Waals surface area contributed by atoms with E-state index < -0.39 is 0 Å². The van der Waals surface area contributed by atoms with Crippen LogP contribution in [0.15, 0.2) is 9.95 Å². The van der Waals surface area contributed by atoms with Gasteiger partial charge in [-0.15, -0.1) is 11.3 Å². The van der Waals surface area contributed by atoms with Crippen LogP contribution >= 0.6 is 23.1 Å². The Balaban J connectivity index is 1.87. The van der Waals surface area contributed by atoms with Crippen LogP contribution in [0, 0.1) is 11.3 Å². The molecule has 2 heterocycles. The van der Waals surface area contributed by atoms with Crippen molar-refractivity contribution in [2.45, 2.75) is 69.0 Å². The quantitative estimate of drug-likeness (QED) is 0.459. The first kappa shape index (κ1) is 16.2. The number of hydrogen-bond acceptors (Lipinski definition) is 5. The highest BCUT2D eigenvalue weighted by molar-refractivity contribution is 7.99. The summed E-state index contributed by atoms with van der Waals surface area (Å²) in [4.78, 5) is 20.5. The van der Waals surface area contributed by atoms with Crippen molar-refractivity contribution in [1.82, 2.24) is 9.55 Å². The minimum Gasteiger partial charge on any atom is -0.284 e. The summed E-state index contributed by atoms with van der Waals surface area (Å²) in [7, 11) is 0. The molecule has 2 aromatic rings. The molecule has 0 bridgehead atoms. The summed E-state index contributed by atoms with van der Waals surface area (Å²) in [5, 5.41) is 10.5. The Labute approximate surface area is 149 Å². The van der Waals surface area contributed by atoms with Crippen molar-refractivity contribution >= 4 is 33.3 Å². The van der Waals surface area contributed by atoms with Gasteiger partial charge in [-0.1, -0.05) is 24.6 Å². The second-order valence-electron chi connectivity index (χ2n) is 6.66. The van der Waals surface area contributed by atoms with Crippen molar-refractivity contribution in [1.29, 1.82) is 5.26 Å². The fraction of sp³-hybridized carbons (Fsp3) is 0.611. The normalized spacial score (nSPS) is 18.0. The molecule has 0 aliphatic heterocycles. The minimum absolute atomic E-state index is 0.172. The predicted molar refractivity (Wildman–Crippen MR) is 99.0 cm³/mol. The standard InChI is InChI=1S/C18H21N3OS2/c19-10-5-11-23-18-20-16-15(13-8-3-4-9-14(13)24-16)17(22)21(18)12-6-1-2-7-12/h12H,1-9,11H2. The molecule has 1 saturated carbocycles. The highest BCUT2D eigenvalue weighted by Crippen LogP contribution is 2.37. The molecule has 1 fully saturated rings. The van der Waals surface area contributed by atoms with E-state index in [1.165, 1.54) is 36.1 Å². The van der Waals surface area contributed by atoms with Gasteiger partial charge in [-0.05, 0) is 44.1 Å². The maximum Gasteiger partial charge on any atom is 0.263 e. The molecule has 0 unspecified atom stereocenters. The molecular weight excluding hydrogens is 338 g/mol. The van der Waals surface area contributed by atoms with Crippen LogP contribution in [0.1, 0.15) is 61.4 Å². The van der Waals surface area contributed by atoms with E-state index in [1.807, 2.05) is 4.57 Å². The lowest BCUT2D eigenvalue weighted by Gasteiger charge is -2.18. The molecule has 0 radical (unpaired) electrons. The fourth-order valence-electron chi connectivity index (χ4n) is 3.97. The van der Waals surface area contributed by atoms with Crippen molar-refractivity contribution in [3.05, 3.63) is 20.8 Å². The third-order valence-electron chi connectivity index (χ3n) is 5.12. The second-order valence-corrected chi connectivity index (χ2v) is 8.80. The summed E-state index contributed by atoms with van der Waals surface area (Å²) in [6.07, 6.45) is 9.55. The SMILES string of the molecule is N#CCCSc1nc2sc3c(c2c(=O)n1C1CCCC1)CCCC3. The molecule has 126 valence electrons. The number of aromatic nitrogens is 2. The topological polar surface area (TPSA) is 58.7 Å². The number of hydrogen-bond donors (Lipinski definition) is 0. The van der Waals surface area contributed by atoms with E-state index in [2.05, 4.69) is 6.07 Å². The number of rotatable bonds is 4. The molecule has 24 heavy (non-hydrogen) atoms. The second kappa shape index (κ2) is 6.89. The molecule has 4 nitrogen and oxygen atoms in total. The number of thiophene rings is 1. The van der Waals surface area contributed by atoms with E-state index in [0.29, 0.717) is 12.2 Å². The van der Waals surface area contributed by atoms with Gasteiger partial charge in [0.05, 0.1) is 11.5 Å². The zero-order valence-electron chi connectivity index (χ0n) is 13.7. The number of nitriles is 1. The average Bonchev–Trinajstić information content (AvgIpc) is 3.22. The van der Waals surface area contributed by atoms with Crippen LogP contribution in [0.4, 0.5) is 0 Å². The van der Waals surface area contributed by atoms with E-state index in [-0.39, 0.29) is 11.6 Å². The molecular formula is C18H21N3OS2. The monoisotopic (exact) mass is 359 g/mol. The van der Waals surface area contributed by atoms with Crippen molar-refractivity contribution < 1.29 is 0 Å². The number of fused-ring (bicyclic) bond motifs is 3. The van der Waals surface area contributed by atoms with Gasteiger partial charge in [0, 0.05) is 23.1 Å². The Morgan fingerprint density at radius 1 is 1.25 bits per heavy atom. The summed E-state index contributed by atoms with van der Waals surface area (Å²) in [5.74, 6) is 0.701. The van der Waals surface area contributed by atoms with Crippen molar-refractivity contribution in [3.63, 3.8) is 0 Å². The van der Waals surface area contributed by atoms with E-state index >= 15 is 0 Å². The summed E-state index contributed by atoms with van der Waals surface area (Å²) in [5.41, 5.74) is 1.45. The summed E-state index contributed by atoms with van der Waals surface area (Å²) in [6, 6.07) is 2.48. The van der Waals surface area contributed by atoms with Crippen molar-refractivity contribution in [3.8, 4) is 6.07 Å². The molecule has 0 atom stereocenters. The van der Waals surface area contributed by atoms with Crippen molar-refractivity contribution in [2.24, 2.45) is 0 Å². The lowest BCUT2D eigenvalue weighted by molar-refractivity contribution is 0.458. The summed E-state index contributed by atoms with van der Waals surface area (Å²) >= 11 is 3.29. The van der Waals surface area contributed by atoms with Crippen LogP contribution in [-0.4, -0.2) is 15.3 Å². The van der Waals surface area contributed by atoms with Gasteiger partial charge in [0.1, 0.15) is 4.83 Å². The first-order chi connectivity index (χ1) is 11.8. The van der Waals surface area contributed by atoms with E-state index in [0.717, 1.165) is 41.1 Å². The molecule has 2 aliphatic carbocycles. The van der Waals surface area contributed by atoms with Crippen LogP contribution in [0.3, 0.4) is 0 Å². The third kappa shape index (κ3) is 2.78. The summed E-state index contributed by atoms with van der Waals surface area (Å²) in [6.45, 7) is 0. The fourth-order valence-corrected chi connectivity index (χ4v) is 6.19. The van der Waals surface area contributed by atoms with Gasteiger partial charge in [0.15, 0.2) is 5.16 Å². The molecule has 2 aromatic heterocycles. The molecule has 4 rings (SSSR count). The third-order valence-corrected chi connectivity index (χ3v) is 7.26. The zero-order valence-corrected chi connectivity index (χ0v) is 15.3. The molecule has 2 aliphatic rings. The Morgan fingerprint density at radius 3 is 2.83 bits per heavy atom. The molecule has 0 saturated heterocycles. The van der Waals surface area contributed by atoms with E-state index in [1.54, 1.807) is 23.1 Å². The Morgan fingerprint density at radius 2 is 2.04 bits per heavy atom. The maximum atomic E-state index is 13.4. The molecule has 0 aromatic carbocycles. The molecule has 6 heteroatoms. The van der Waals surface area contributed by atoms with Gasteiger partial charge in [0.2, 0.25) is 0 Å². The number of nitrogens with zero attached hydrogens (tertiary/aromatic N) is 3. The van der Waals surface area contributed by atoms with Crippen LogP contribution in [0.25, 0.3) is 10.2 Å². The molecule has 0 amide bonds. The summed E-state index contributed by atoms with van der Waals surface area (Å²) < 4.78 is 1.97. The highest BCUT2D eigenvalue weighted by atomic mass is 32.2. The van der Waals surface area contributed by atoms with Crippen LogP contribution in [0.2, 0.25) is 0 Å². The van der Waals surface area contributed by atoms with E-state index in [4.69, 9.17) is 10.2 Å². The van der Waals surface area contributed by atoms with Gasteiger partial charge in [-0.3, -0.25) is 9.36 Å². The lowest BCUT2D eigenvalue weighted by Crippen LogP contribution is -2.26. The first-order valence-corrected chi connectivity index (χ1v) is 10.7. The number of thioether (sulfide) groups is 1. The zero-order chi connectivity index (χ0) is 16.5. The van der Waals surface area contributed by atoms with Gasteiger partial charge < -0.3 is 0 Å². The Hall–Kier alpha value is -1.32. The van der Waals surface area contributed by atoms with Crippen LogP contribution < -0.4 is 5.56 Å². The molecule has 0 spiro atoms. The largest absolute Gasteiger partial charge is 0.284 e. The van der Waals surface area contributed by atoms with Gasteiger partial charge in [-0.2, -0.15) is 5.26 Å². The van der Waals surface area contributed by atoms with Gasteiger partial charge in [-0.25, -0.2) is 4.98 Å². The highest BCUT2D eigenvalue weighted by Gasteiger charge is 2.26. The van der Waals surface area contributed by atoms with Gasteiger partial charge >= 0.3 is 0 Å². The Bertz CT molecular complexity index is 856. The minimum atomic E-state index is 0.172. The Kier molecular flexibility index (Phi) is 4.64. The van der Waals surface area contributed by atoms with Crippen molar-refractivity contribution in [2.75, 3.05) is 5.75 Å². The molecule has 0 N–H and O–H groups in total. The van der Waals surface area contributed by atoms with Gasteiger partial charge in [0.25, 0.3) is 5.56 Å². The maximum absolute atomic E-state index is 13.4. The van der Waals surface area contributed by atoms with E-state index in [9.17, 15) is 4.79 Å². The average molecular weight is 360 g/mol. The number of aryl methyl sites for hydroxylation is 2. The first-order valence-electron chi connectivity index (χ1n) is 8.86. The predicted octanol–water partition coefficient (Wildman–Crippen LogP) is 4.46. The van der Waals surface area contributed by atoms with Crippen LogP contribution in [-0.2, 0) is 12.8 Å². The smallest absolute Gasteiger partial charge is 0.263 e. The lowest BCUT2D eigenvalue weighted by atomic mass is 9.97.